The molecule has 0 saturated carbocycles. The van der Waals surface area contributed by atoms with Crippen molar-refractivity contribution in [2.24, 2.45) is 11.8 Å². The molecule has 1 aromatic rings. The Morgan fingerprint density at radius 1 is 0.955 bits per heavy atom. The molecule has 1 aliphatic rings. The van der Waals surface area contributed by atoms with Gasteiger partial charge in [0.15, 0.2) is 11.5 Å². The van der Waals surface area contributed by atoms with Gasteiger partial charge in [-0.15, -0.1) is 0 Å². The van der Waals surface area contributed by atoms with Crippen molar-refractivity contribution in [3.8, 4) is 11.5 Å². The quantitative estimate of drug-likeness (QED) is 0.630. The Balaban J connectivity index is 1.95. The van der Waals surface area contributed by atoms with E-state index in [9.17, 15) is 20.4 Å². The summed E-state index contributed by atoms with van der Waals surface area (Å²) in [7, 11) is 0. The molecule has 120 valence electrons. The molecule has 4 nitrogen and oxygen atoms in total. The van der Waals surface area contributed by atoms with Gasteiger partial charge >= 0.3 is 0 Å². The van der Waals surface area contributed by atoms with E-state index in [1.807, 2.05) is 12.1 Å². The summed E-state index contributed by atoms with van der Waals surface area (Å²) in [6.07, 6.45) is 5.19. The van der Waals surface area contributed by atoms with E-state index in [1.165, 1.54) is 6.07 Å². The number of aliphatic hydroxyl groups is 2. The van der Waals surface area contributed by atoms with Gasteiger partial charge < -0.3 is 20.4 Å². The zero-order valence-electron chi connectivity index (χ0n) is 13.0. The van der Waals surface area contributed by atoms with Crippen molar-refractivity contribution in [2.75, 3.05) is 0 Å². The predicted octanol–water partition coefficient (Wildman–Crippen LogP) is 2.52. The summed E-state index contributed by atoms with van der Waals surface area (Å²) in [5.41, 5.74) is 2.02. The van der Waals surface area contributed by atoms with Crippen LogP contribution in [0.25, 0.3) is 0 Å². The average Bonchev–Trinajstić information content (AvgIpc) is 2.46. The van der Waals surface area contributed by atoms with Crippen molar-refractivity contribution < 1.29 is 20.4 Å². The summed E-state index contributed by atoms with van der Waals surface area (Å²) in [6, 6.07) is 4.92. The summed E-state index contributed by atoms with van der Waals surface area (Å²) < 4.78 is 0. The van der Waals surface area contributed by atoms with Gasteiger partial charge in [0.25, 0.3) is 0 Å². The van der Waals surface area contributed by atoms with Crippen LogP contribution >= 0.6 is 0 Å². The standard InChI is InChI=1S/C18H24O4/c1-11(7-13-3-5-15(19)17(21)9-13)12(2)8-14-4-6-16(20)18(22)10-14/h3-6,9-12,15,17,19-22H,7-8H2,1-2H3. The molecule has 0 spiro atoms. The van der Waals surface area contributed by atoms with Gasteiger partial charge in [0, 0.05) is 0 Å². The van der Waals surface area contributed by atoms with Gasteiger partial charge in [-0.25, -0.2) is 0 Å². The van der Waals surface area contributed by atoms with Gasteiger partial charge in [-0.2, -0.15) is 0 Å². The van der Waals surface area contributed by atoms with Crippen LogP contribution in [0.15, 0.2) is 42.0 Å². The predicted molar refractivity (Wildman–Crippen MR) is 85.7 cm³/mol. The Labute approximate surface area is 131 Å². The van der Waals surface area contributed by atoms with Crippen LogP contribution in [-0.2, 0) is 6.42 Å². The summed E-state index contributed by atoms with van der Waals surface area (Å²) in [5.74, 6) is 0.568. The van der Waals surface area contributed by atoms with Gasteiger partial charge in [-0.3, -0.25) is 0 Å². The highest BCUT2D eigenvalue weighted by atomic mass is 16.3. The zero-order chi connectivity index (χ0) is 16.3. The van der Waals surface area contributed by atoms with E-state index in [0.717, 1.165) is 24.0 Å². The summed E-state index contributed by atoms with van der Waals surface area (Å²) >= 11 is 0. The number of phenols is 2. The fraction of sp³-hybridized carbons (Fsp3) is 0.444. The van der Waals surface area contributed by atoms with Crippen LogP contribution in [0.5, 0.6) is 11.5 Å². The van der Waals surface area contributed by atoms with Crippen molar-refractivity contribution in [1.82, 2.24) is 0 Å². The number of hydrogen-bond donors (Lipinski definition) is 4. The van der Waals surface area contributed by atoms with Crippen LogP contribution in [0.2, 0.25) is 0 Å². The SMILES string of the molecule is CC(CC1=CC(O)C(O)C=C1)C(C)Cc1ccc(O)c(O)c1. The van der Waals surface area contributed by atoms with Crippen LogP contribution in [0.3, 0.4) is 0 Å². The topological polar surface area (TPSA) is 80.9 Å². The minimum atomic E-state index is -0.823. The third kappa shape index (κ3) is 4.12. The van der Waals surface area contributed by atoms with Crippen molar-refractivity contribution in [3.05, 3.63) is 47.6 Å². The molecule has 0 aromatic heterocycles. The second-order valence-corrected chi connectivity index (χ2v) is 6.27. The number of benzene rings is 1. The van der Waals surface area contributed by atoms with E-state index in [4.69, 9.17) is 0 Å². The molecule has 4 unspecified atom stereocenters. The Morgan fingerprint density at radius 3 is 2.27 bits per heavy atom. The molecule has 0 amide bonds. The van der Waals surface area contributed by atoms with Crippen LogP contribution in [0, 0.1) is 11.8 Å². The van der Waals surface area contributed by atoms with Gasteiger partial charge in [0.05, 0.1) is 0 Å². The van der Waals surface area contributed by atoms with Crippen molar-refractivity contribution in [1.29, 1.82) is 0 Å². The van der Waals surface area contributed by atoms with Gasteiger partial charge in [-0.1, -0.05) is 38.1 Å². The van der Waals surface area contributed by atoms with Crippen LogP contribution < -0.4 is 0 Å². The maximum absolute atomic E-state index is 9.66. The van der Waals surface area contributed by atoms with Crippen molar-refractivity contribution in [3.63, 3.8) is 0 Å². The van der Waals surface area contributed by atoms with E-state index in [2.05, 4.69) is 13.8 Å². The second kappa shape index (κ2) is 6.99. The Kier molecular flexibility index (Phi) is 5.27. The van der Waals surface area contributed by atoms with Gasteiger partial charge in [0.1, 0.15) is 12.2 Å². The van der Waals surface area contributed by atoms with E-state index in [0.29, 0.717) is 11.8 Å². The molecule has 4 N–H and O–H groups in total. The largest absolute Gasteiger partial charge is 0.504 e. The number of allylic oxidation sites excluding steroid dienone is 2. The van der Waals surface area contributed by atoms with E-state index in [-0.39, 0.29) is 11.5 Å². The molecule has 4 atom stereocenters. The molecule has 1 aliphatic carbocycles. The lowest BCUT2D eigenvalue weighted by Gasteiger charge is -2.23. The number of rotatable bonds is 5. The smallest absolute Gasteiger partial charge is 0.157 e. The number of aromatic hydroxyl groups is 2. The summed E-state index contributed by atoms with van der Waals surface area (Å²) in [5, 5.41) is 38.0. The molecular weight excluding hydrogens is 280 g/mol. The Bertz CT molecular complexity index is 576. The molecule has 0 radical (unpaired) electrons. The molecule has 22 heavy (non-hydrogen) atoms. The van der Waals surface area contributed by atoms with E-state index < -0.39 is 12.2 Å². The molecule has 0 bridgehead atoms. The lowest BCUT2D eigenvalue weighted by molar-refractivity contribution is 0.0783. The first kappa shape index (κ1) is 16.6. The van der Waals surface area contributed by atoms with Crippen molar-refractivity contribution >= 4 is 0 Å². The fourth-order valence-electron chi connectivity index (χ4n) is 2.69. The highest BCUT2D eigenvalue weighted by molar-refractivity contribution is 5.40. The fourth-order valence-corrected chi connectivity index (χ4v) is 2.69. The van der Waals surface area contributed by atoms with Crippen LogP contribution in [0.4, 0.5) is 0 Å². The molecule has 0 fully saturated rings. The van der Waals surface area contributed by atoms with Gasteiger partial charge in [-0.05, 0) is 47.9 Å². The van der Waals surface area contributed by atoms with Crippen LogP contribution in [-0.4, -0.2) is 32.6 Å². The Morgan fingerprint density at radius 2 is 1.64 bits per heavy atom. The number of hydrogen-bond acceptors (Lipinski definition) is 4. The third-order valence-electron chi connectivity index (χ3n) is 4.37. The zero-order valence-corrected chi connectivity index (χ0v) is 13.0. The maximum Gasteiger partial charge on any atom is 0.157 e. The minimum absolute atomic E-state index is 0.0904. The Hall–Kier alpha value is -1.78. The first-order valence-corrected chi connectivity index (χ1v) is 7.62. The molecule has 4 heteroatoms. The molecular formula is C18H24O4. The molecule has 0 heterocycles. The van der Waals surface area contributed by atoms with E-state index >= 15 is 0 Å². The maximum atomic E-state index is 9.66. The summed E-state index contributed by atoms with van der Waals surface area (Å²) in [4.78, 5) is 0. The second-order valence-electron chi connectivity index (χ2n) is 6.27. The van der Waals surface area contributed by atoms with Crippen LogP contribution in [0.1, 0.15) is 25.8 Å². The van der Waals surface area contributed by atoms with Gasteiger partial charge in [0.2, 0.25) is 0 Å². The highest BCUT2D eigenvalue weighted by Gasteiger charge is 2.19. The normalized spacial score (nSPS) is 23.9. The number of aliphatic hydroxyl groups excluding tert-OH is 2. The third-order valence-corrected chi connectivity index (χ3v) is 4.37. The summed E-state index contributed by atoms with van der Waals surface area (Å²) in [6.45, 7) is 4.30. The lowest BCUT2D eigenvalue weighted by atomic mass is 9.84. The molecule has 0 aliphatic heterocycles. The molecule has 0 saturated heterocycles. The lowest BCUT2D eigenvalue weighted by Crippen LogP contribution is -2.24. The van der Waals surface area contributed by atoms with E-state index in [1.54, 1.807) is 18.2 Å². The first-order valence-electron chi connectivity index (χ1n) is 7.62. The number of phenolic OH excluding ortho intramolecular Hbond substituents is 2. The molecule has 2 rings (SSSR count). The average molecular weight is 304 g/mol. The monoisotopic (exact) mass is 304 g/mol. The van der Waals surface area contributed by atoms with Crippen molar-refractivity contribution in [2.45, 2.75) is 38.9 Å². The molecule has 1 aromatic carbocycles. The first-order chi connectivity index (χ1) is 10.4. The minimum Gasteiger partial charge on any atom is -0.504 e. The highest BCUT2D eigenvalue weighted by Crippen LogP contribution is 2.29.